The fraction of sp³-hybridized carbons (Fsp3) is 0.733. The maximum Gasteiger partial charge on any atom is 0.132 e. The Balaban J connectivity index is 2.80. The van der Waals surface area contributed by atoms with Gasteiger partial charge in [0.15, 0.2) is 0 Å². The van der Waals surface area contributed by atoms with E-state index < -0.39 is 0 Å². The quantitative estimate of drug-likeness (QED) is 0.689. The lowest BCUT2D eigenvalue weighted by Crippen LogP contribution is -2.25. The van der Waals surface area contributed by atoms with E-state index in [1.165, 1.54) is 0 Å². The van der Waals surface area contributed by atoms with E-state index in [1.54, 1.807) is 7.11 Å². The Morgan fingerprint density at radius 1 is 1.15 bits per heavy atom. The number of methoxy groups -OCH3 is 1. The topological polar surface area (TPSA) is 59.1 Å². The summed E-state index contributed by atoms with van der Waals surface area (Å²) in [6.07, 6.45) is 4.10. The van der Waals surface area contributed by atoms with Crippen LogP contribution in [-0.2, 0) is 11.2 Å². The number of hydrogen-bond acceptors (Lipinski definition) is 5. The molecule has 5 heteroatoms. The van der Waals surface area contributed by atoms with Crippen molar-refractivity contribution >= 4 is 11.6 Å². The van der Waals surface area contributed by atoms with Crippen LogP contribution in [0.1, 0.15) is 45.9 Å². The summed E-state index contributed by atoms with van der Waals surface area (Å²) >= 11 is 0. The molecular formula is C15H28N4O. The SMILES string of the molecule is CCCNc1cc(NC(CCC)COC)nc(CC)n1. The highest BCUT2D eigenvalue weighted by atomic mass is 16.5. The van der Waals surface area contributed by atoms with E-state index in [0.717, 1.165) is 49.7 Å². The molecule has 1 atom stereocenters. The first-order valence-electron chi connectivity index (χ1n) is 7.60. The highest BCUT2D eigenvalue weighted by molar-refractivity contribution is 5.48. The second-order valence-corrected chi connectivity index (χ2v) is 4.92. The summed E-state index contributed by atoms with van der Waals surface area (Å²) in [5.41, 5.74) is 0. The molecule has 1 aromatic rings. The lowest BCUT2D eigenvalue weighted by Gasteiger charge is -2.18. The summed E-state index contributed by atoms with van der Waals surface area (Å²) in [7, 11) is 1.73. The van der Waals surface area contributed by atoms with Gasteiger partial charge in [0.1, 0.15) is 17.5 Å². The van der Waals surface area contributed by atoms with Gasteiger partial charge in [0.05, 0.1) is 12.6 Å². The molecular weight excluding hydrogens is 252 g/mol. The van der Waals surface area contributed by atoms with Crippen LogP contribution in [0.5, 0.6) is 0 Å². The van der Waals surface area contributed by atoms with Crippen molar-refractivity contribution in [2.75, 3.05) is 30.9 Å². The van der Waals surface area contributed by atoms with Gasteiger partial charge in [0.25, 0.3) is 0 Å². The van der Waals surface area contributed by atoms with Crippen molar-refractivity contribution in [1.82, 2.24) is 9.97 Å². The molecule has 0 radical (unpaired) electrons. The standard InChI is InChI=1S/C15H28N4O/c1-5-8-12(11-20-4)17-15-10-14(16-9-6-2)18-13(7-3)19-15/h10,12H,5-9,11H2,1-4H3,(H2,16,17,18,19). The minimum Gasteiger partial charge on any atom is -0.383 e. The number of aromatic nitrogens is 2. The van der Waals surface area contributed by atoms with Crippen LogP contribution in [0, 0.1) is 0 Å². The molecule has 1 unspecified atom stereocenters. The molecule has 20 heavy (non-hydrogen) atoms. The number of anilines is 2. The van der Waals surface area contributed by atoms with Gasteiger partial charge in [-0.1, -0.05) is 27.2 Å². The van der Waals surface area contributed by atoms with Gasteiger partial charge in [-0.25, -0.2) is 9.97 Å². The van der Waals surface area contributed by atoms with Gasteiger partial charge >= 0.3 is 0 Å². The second kappa shape index (κ2) is 9.53. The van der Waals surface area contributed by atoms with Crippen LogP contribution in [0.2, 0.25) is 0 Å². The van der Waals surface area contributed by atoms with Gasteiger partial charge in [-0.2, -0.15) is 0 Å². The van der Waals surface area contributed by atoms with Crippen molar-refractivity contribution in [2.24, 2.45) is 0 Å². The molecule has 0 aliphatic rings. The molecule has 0 saturated heterocycles. The van der Waals surface area contributed by atoms with Crippen molar-refractivity contribution < 1.29 is 4.74 Å². The third-order valence-electron chi connectivity index (χ3n) is 3.00. The first-order chi connectivity index (χ1) is 9.73. The van der Waals surface area contributed by atoms with Gasteiger partial charge in [0, 0.05) is 26.1 Å². The number of ether oxygens (including phenoxy) is 1. The molecule has 1 rings (SSSR count). The van der Waals surface area contributed by atoms with E-state index >= 15 is 0 Å². The molecule has 0 spiro atoms. The Morgan fingerprint density at radius 2 is 1.90 bits per heavy atom. The van der Waals surface area contributed by atoms with Crippen LogP contribution in [0.3, 0.4) is 0 Å². The molecule has 0 bridgehead atoms. The van der Waals surface area contributed by atoms with E-state index in [9.17, 15) is 0 Å². The fourth-order valence-electron chi connectivity index (χ4n) is 2.03. The predicted octanol–water partition coefficient (Wildman–Crippen LogP) is 3.09. The number of rotatable bonds is 10. The molecule has 0 aliphatic heterocycles. The molecule has 0 fully saturated rings. The first kappa shape index (κ1) is 16.7. The summed E-state index contributed by atoms with van der Waals surface area (Å²) in [6.45, 7) is 8.01. The monoisotopic (exact) mass is 280 g/mol. The average molecular weight is 280 g/mol. The van der Waals surface area contributed by atoms with Crippen LogP contribution in [0.4, 0.5) is 11.6 Å². The summed E-state index contributed by atoms with van der Waals surface area (Å²) in [5.74, 6) is 2.64. The lowest BCUT2D eigenvalue weighted by atomic mass is 10.2. The van der Waals surface area contributed by atoms with Gasteiger partial charge < -0.3 is 15.4 Å². The smallest absolute Gasteiger partial charge is 0.132 e. The van der Waals surface area contributed by atoms with E-state index in [2.05, 4.69) is 41.4 Å². The maximum atomic E-state index is 5.26. The Hall–Kier alpha value is -1.36. The Bertz CT molecular complexity index is 378. The van der Waals surface area contributed by atoms with E-state index in [4.69, 9.17) is 4.74 Å². The third-order valence-corrected chi connectivity index (χ3v) is 3.00. The van der Waals surface area contributed by atoms with Gasteiger partial charge in [-0.15, -0.1) is 0 Å². The minimum absolute atomic E-state index is 0.295. The van der Waals surface area contributed by atoms with Crippen LogP contribution in [0.15, 0.2) is 6.07 Å². The largest absolute Gasteiger partial charge is 0.383 e. The van der Waals surface area contributed by atoms with Crippen molar-refractivity contribution in [3.63, 3.8) is 0 Å². The molecule has 114 valence electrons. The minimum atomic E-state index is 0.295. The molecule has 1 heterocycles. The van der Waals surface area contributed by atoms with Crippen LogP contribution in [0.25, 0.3) is 0 Å². The summed E-state index contributed by atoms with van der Waals surface area (Å²) in [4.78, 5) is 9.04. The second-order valence-electron chi connectivity index (χ2n) is 4.92. The van der Waals surface area contributed by atoms with Gasteiger partial charge in [0.2, 0.25) is 0 Å². The van der Waals surface area contributed by atoms with Gasteiger partial charge in [-0.3, -0.25) is 0 Å². The van der Waals surface area contributed by atoms with Crippen LogP contribution >= 0.6 is 0 Å². The van der Waals surface area contributed by atoms with E-state index in [-0.39, 0.29) is 0 Å². The molecule has 0 saturated carbocycles. The zero-order valence-electron chi connectivity index (χ0n) is 13.2. The highest BCUT2D eigenvalue weighted by Gasteiger charge is 2.10. The highest BCUT2D eigenvalue weighted by Crippen LogP contribution is 2.14. The van der Waals surface area contributed by atoms with Crippen molar-refractivity contribution in [3.05, 3.63) is 11.9 Å². The summed E-state index contributed by atoms with van der Waals surface area (Å²) < 4.78 is 5.26. The molecule has 1 aromatic heterocycles. The molecule has 0 aromatic carbocycles. The summed E-state index contributed by atoms with van der Waals surface area (Å²) in [5, 5.41) is 6.78. The predicted molar refractivity (Wildman–Crippen MR) is 84.4 cm³/mol. The zero-order valence-corrected chi connectivity index (χ0v) is 13.2. The van der Waals surface area contributed by atoms with Crippen LogP contribution < -0.4 is 10.6 Å². The Morgan fingerprint density at radius 3 is 2.50 bits per heavy atom. The molecule has 0 aliphatic carbocycles. The number of hydrogen-bond donors (Lipinski definition) is 2. The van der Waals surface area contributed by atoms with Crippen LogP contribution in [-0.4, -0.2) is 36.3 Å². The Kier molecular flexibility index (Phi) is 7.95. The normalized spacial score (nSPS) is 12.2. The molecule has 2 N–H and O–H groups in total. The summed E-state index contributed by atoms with van der Waals surface area (Å²) in [6, 6.07) is 2.27. The molecule has 0 amide bonds. The lowest BCUT2D eigenvalue weighted by molar-refractivity contribution is 0.182. The number of nitrogens with one attached hydrogen (secondary N) is 2. The molecule has 5 nitrogen and oxygen atoms in total. The Labute approximate surface area is 122 Å². The number of nitrogens with zero attached hydrogens (tertiary/aromatic N) is 2. The number of aryl methyl sites for hydroxylation is 1. The maximum absolute atomic E-state index is 5.26. The average Bonchev–Trinajstić information content (AvgIpc) is 2.45. The van der Waals surface area contributed by atoms with Gasteiger partial charge in [-0.05, 0) is 12.8 Å². The van der Waals surface area contributed by atoms with E-state index in [0.29, 0.717) is 12.6 Å². The van der Waals surface area contributed by atoms with E-state index in [1.807, 2.05) is 6.07 Å². The van der Waals surface area contributed by atoms with Crippen molar-refractivity contribution in [3.8, 4) is 0 Å². The first-order valence-corrected chi connectivity index (χ1v) is 7.60. The fourth-order valence-corrected chi connectivity index (χ4v) is 2.03. The van der Waals surface area contributed by atoms with Crippen molar-refractivity contribution in [1.29, 1.82) is 0 Å². The van der Waals surface area contributed by atoms with Crippen molar-refractivity contribution in [2.45, 2.75) is 52.5 Å². The zero-order chi connectivity index (χ0) is 14.8. The third kappa shape index (κ3) is 5.74.